The highest BCUT2D eigenvalue weighted by molar-refractivity contribution is 7.10. The Morgan fingerprint density at radius 2 is 1.91 bits per heavy atom. The Morgan fingerprint density at radius 1 is 1.19 bits per heavy atom. The van der Waals surface area contributed by atoms with Crippen molar-refractivity contribution in [3.05, 3.63) is 80.4 Å². The molecule has 2 N–H and O–H groups in total. The summed E-state index contributed by atoms with van der Waals surface area (Å²) >= 11 is 1.37. The van der Waals surface area contributed by atoms with Crippen molar-refractivity contribution in [2.45, 2.75) is 25.6 Å². The number of aromatic nitrogens is 1. The Labute approximate surface area is 184 Å². The van der Waals surface area contributed by atoms with Crippen molar-refractivity contribution in [2.75, 3.05) is 10.2 Å². The molecule has 0 bridgehead atoms. The van der Waals surface area contributed by atoms with Crippen molar-refractivity contribution >= 4 is 34.5 Å². The molecule has 166 valence electrons. The number of halogens is 3. The average molecular weight is 461 g/mol. The van der Waals surface area contributed by atoms with Crippen LogP contribution in [0.2, 0.25) is 0 Å². The molecule has 3 aromatic rings. The molecule has 2 atom stereocenters. The molecule has 1 aliphatic heterocycles. The first-order valence-corrected chi connectivity index (χ1v) is 10.6. The second kappa shape index (κ2) is 8.27. The lowest BCUT2D eigenvalue weighted by atomic mass is 9.97. The van der Waals surface area contributed by atoms with E-state index in [1.165, 1.54) is 16.2 Å². The average Bonchev–Trinajstić information content (AvgIpc) is 3.37. The Bertz CT molecular complexity index is 1200. The summed E-state index contributed by atoms with van der Waals surface area (Å²) in [6.07, 6.45) is -4.28. The summed E-state index contributed by atoms with van der Waals surface area (Å²) in [4.78, 5) is 42.3. The van der Waals surface area contributed by atoms with Crippen LogP contribution in [0.4, 0.5) is 24.5 Å². The number of anilines is 2. The van der Waals surface area contributed by atoms with Crippen molar-refractivity contribution in [1.29, 1.82) is 0 Å². The summed E-state index contributed by atoms with van der Waals surface area (Å²) in [6, 6.07) is 10.8. The van der Waals surface area contributed by atoms with E-state index < -0.39 is 40.9 Å². The Balaban J connectivity index is 1.68. The number of pyridine rings is 1. The summed E-state index contributed by atoms with van der Waals surface area (Å²) in [7, 11) is 0. The van der Waals surface area contributed by atoms with Gasteiger partial charge in [-0.15, -0.1) is 11.3 Å². The minimum atomic E-state index is -4.69. The monoisotopic (exact) mass is 461 g/mol. The number of alkyl halides is 3. The first-order valence-electron chi connectivity index (χ1n) is 9.68. The van der Waals surface area contributed by atoms with Gasteiger partial charge in [-0.3, -0.25) is 14.4 Å². The lowest BCUT2D eigenvalue weighted by Crippen LogP contribution is -2.33. The van der Waals surface area contributed by atoms with Crippen molar-refractivity contribution in [3.8, 4) is 0 Å². The molecule has 6 nitrogen and oxygen atoms in total. The van der Waals surface area contributed by atoms with Gasteiger partial charge >= 0.3 is 6.18 Å². The number of carbonyl (C=O) groups excluding carboxylic acids is 2. The van der Waals surface area contributed by atoms with E-state index >= 15 is 0 Å². The predicted octanol–water partition coefficient (Wildman–Crippen LogP) is 4.50. The number of nitrogens with zero attached hydrogens (tertiary/aromatic N) is 1. The molecule has 0 saturated carbocycles. The van der Waals surface area contributed by atoms with Crippen LogP contribution in [0.1, 0.15) is 28.5 Å². The maximum Gasteiger partial charge on any atom is 0.417 e. The lowest BCUT2D eigenvalue weighted by Gasteiger charge is -2.27. The van der Waals surface area contributed by atoms with Gasteiger partial charge in [0, 0.05) is 23.2 Å². The number of rotatable bonds is 4. The maximum absolute atomic E-state index is 13.1. The van der Waals surface area contributed by atoms with E-state index in [0.717, 1.165) is 10.4 Å². The first kappa shape index (κ1) is 21.8. The number of nitrogens with one attached hydrogen (secondary N) is 2. The van der Waals surface area contributed by atoms with E-state index in [-0.39, 0.29) is 12.3 Å². The summed E-state index contributed by atoms with van der Waals surface area (Å²) in [5, 5.41) is 4.12. The van der Waals surface area contributed by atoms with E-state index in [0.29, 0.717) is 18.0 Å². The molecule has 1 aromatic carbocycles. The lowest BCUT2D eigenvalue weighted by molar-refractivity contribution is -0.137. The summed E-state index contributed by atoms with van der Waals surface area (Å²) in [5.41, 5.74) is -0.849. The van der Waals surface area contributed by atoms with E-state index in [9.17, 15) is 27.6 Å². The predicted molar refractivity (Wildman–Crippen MR) is 115 cm³/mol. The zero-order valence-electron chi connectivity index (χ0n) is 16.8. The zero-order valence-corrected chi connectivity index (χ0v) is 17.6. The maximum atomic E-state index is 13.1. The van der Waals surface area contributed by atoms with E-state index in [1.54, 1.807) is 24.3 Å². The smallest absolute Gasteiger partial charge is 0.327 e. The van der Waals surface area contributed by atoms with Crippen LogP contribution in [-0.4, -0.2) is 16.8 Å². The van der Waals surface area contributed by atoms with Crippen molar-refractivity contribution in [3.63, 3.8) is 0 Å². The molecule has 4 rings (SSSR count). The van der Waals surface area contributed by atoms with Crippen LogP contribution in [0.15, 0.2) is 58.8 Å². The van der Waals surface area contributed by atoms with Crippen molar-refractivity contribution in [1.82, 2.24) is 4.98 Å². The third-order valence-corrected chi connectivity index (χ3v) is 6.24. The molecular weight excluding hydrogens is 443 g/mol. The molecule has 3 heterocycles. The van der Waals surface area contributed by atoms with Crippen LogP contribution >= 0.6 is 11.3 Å². The molecular formula is C22H18F3N3O3S. The van der Waals surface area contributed by atoms with Gasteiger partial charge in [-0.05, 0) is 36.6 Å². The van der Waals surface area contributed by atoms with Gasteiger partial charge in [0.05, 0.1) is 17.5 Å². The molecule has 1 saturated heterocycles. The Hall–Kier alpha value is -3.40. The van der Waals surface area contributed by atoms with Gasteiger partial charge < -0.3 is 15.2 Å². The second-order valence-electron chi connectivity index (χ2n) is 7.49. The molecule has 0 radical (unpaired) electrons. The SMILES string of the molecule is Cc1ccc(N2C(=O)CC(C(=O)Nc3cc(C(F)(F)F)c[nH]c3=O)C2c2cccs2)cc1. The number of benzene rings is 1. The van der Waals surface area contributed by atoms with Crippen molar-refractivity contribution < 1.29 is 22.8 Å². The van der Waals surface area contributed by atoms with Crippen LogP contribution in [0, 0.1) is 12.8 Å². The molecule has 0 spiro atoms. The molecule has 1 fully saturated rings. The molecule has 32 heavy (non-hydrogen) atoms. The van der Waals surface area contributed by atoms with Crippen LogP contribution < -0.4 is 15.8 Å². The molecule has 2 amide bonds. The topological polar surface area (TPSA) is 82.3 Å². The standard InChI is InChI=1S/C22H18F3N3O3S/c1-12-4-6-14(7-5-12)28-18(29)10-15(19(28)17-3-2-8-32-17)20(30)27-16-9-13(22(23,24)25)11-26-21(16)31/h2-9,11,15,19H,10H2,1H3,(H,26,31)(H,27,30). The minimum absolute atomic E-state index is 0.140. The molecule has 2 aromatic heterocycles. The third kappa shape index (κ3) is 4.18. The van der Waals surface area contributed by atoms with E-state index in [4.69, 9.17) is 0 Å². The van der Waals surface area contributed by atoms with E-state index in [2.05, 4.69) is 5.32 Å². The number of aromatic amines is 1. The second-order valence-corrected chi connectivity index (χ2v) is 8.47. The van der Waals surface area contributed by atoms with Crippen LogP contribution in [-0.2, 0) is 15.8 Å². The number of H-pyrrole nitrogens is 1. The van der Waals surface area contributed by atoms with Crippen LogP contribution in [0.25, 0.3) is 0 Å². The highest BCUT2D eigenvalue weighted by Gasteiger charge is 2.46. The number of thiophene rings is 1. The summed E-state index contributed by atoms with van der Waals surface area (Å²) in [6.45, 7) is 1.91. The van der Waals surface area contributed by atoms with Crippen molar-refractivity contribution in [2.24, 2.45) is 5.92 Å². The number of hydrogen-bond acceptors (Lipinski definition) is 4. The number of hydrogen-bond donors (Lipinski definition) is 2. The summed E-state index contributed by atoms with van der Waals surface area (Å²) < 4.78 is 39.1. The van der Waals surface area contributed by atoms with Gasteiger partial charge in [0.15, 0.2) is 0 Å². The van der Waals surface area contributed by atoms with E-state index in [1.807, 2.05) is 29.4 Å². The number of amides is 2. The molecule has 10 heteroatoms. The number of carbonyl (C=O) groups is 2. The largest absolute Gasteiger partial charge is 0.417 e. The quantitative estimate of drug-likeness (QED) is 0.600. The van der Waals surface area contributed by atoms with Gasteiger partial charge in [-0.25, -0.2) is 0 Å². The fourth-order valence-corrected chi connectivity index (χ4v) is 4.61. The zero-order chi connectivity index (χ0) is 23.0. The minimum Gasteiger partial charge on any atom is -0.327 e. The molecule has 0 aliphatic carbocycles. The van der Waals surface area contributed by atoms with Gasteiger partial charge in [0.2, 0.25) is 11.8 Å². The third-order valence-electron chi connectivity index (χ3n) is 5.29. The molecule has 2 unspecified atom stereocenters. The fraction of sp³-hybridized carbons (Fsp3) is 0.227. The highest BCUT2D eigenvalue weighted by atomic mass is 32.1. The van der Waals surface area contributed by atoms with Gasteiger partial charge in [0.25, 0.3) is 5.56 Å². The van der Waals surface area contributed by atoms with Gasteiger partial charge in [-0.2, -0.15) is 13.2 Å². The first-order chi connectivity index (χ1) is 15.1. The Kier molecular flexibility index (Phi) is 5.64. The van der Waals surface area contributed by atoms with Crippen LogP contribution in [0.5, 0.6) is 0 Å². The van der Waals surface area contributed by atoms with Gasteiger partial charge in [0.1, 0.15) is 5.69 Å². The normalized spacial score (nSPS) is 18.8. The molecule has 1 aliphatic rings. The number of aryl methyl sites for hydroxylation is 1. The summed E-state index contributed by atoms with van der Waals surface area (Å²) in [5.74, 6) is -1.88. The van der Waals surface area contributed by atoms with Gasteiger partial charge in [-0.1, -0.05) is 23.8 Å². The Morgan fingerprint density at radius 3 is 2.53 bits per heavy atom. The van der Waals surface area contributed by atoms with Crippen LogP contribution in [0.3, 0.4) is 0 Å². The fourth-order valence-electron chi connectivity index (χ4n) is 3.73. The highest BCUT2D eigenvalue weighted by Crippen LogP contribution is 2.43.